The van der Waals surface area contributed by atoms with Gasteiger partial charge in [-0.05, 0) is 22.9 Å². The highest BCUT2D eigenvalue weighted by Crippen LogP contribution is 2.22. The van der Waals surface area contributed by atoms with Gasteiger partial charge in [-0.15, -0.1) is 0 Å². The maximum atomic E-state index is 4.23. The zero-order valence-corrected chi connectivity index (χ0v) is 8.48. The fourth-order valence-corrected chi connectivity index (χ4v) is 2.02. The Morgan fingerprint density at radius 3 is 2.33 bits per heavy atom. The summed E-state index contributed by atoms with van der Waals surface area (Å²) in [5.74, 6) is 0. The van der Waals surface area contributed by atoms with E-state index in [0.717, 1.165) is 4.74 Å². The van der Waals surface area contributed by atoms with Crippen LogP contribution >= 0.6 is 31.9 Å². The number of rotatable bonds is 0. The van der Waals surface area contributed by atoms with Crippen molar-refractivity contribution < 1.29 is 0 Å². The summed E-state index contributed by atoms with van der Waals surface area (Å²) >= 11 is 6.76. The molecule has 2 unspecified atom stereocenters. The molecule has 0 saturated heterocycles. The zero-order valence-electron chi connectivity index (χ0n) is 5.31. The van der Waals surface area contributed by atoms with E-state index in [1.54, 1.807) is 0 Å². The molecule has 0 aromatic rings. The molecule has 0 N–H and O–H groups in total. The molecule has 1 aliphatic heterocycles. The standard InChI is InChI=1S/C5H8Br2N2/c1-3-4(6)8-5(7)9(3)2/h3-4H,1-2H3. The van der Waals surface area contributed by atoms with Gasteiger partial charge in [-0.25, -0.2) is 4.99 Å². The van der Waals surface area contributed by atoms with Gasteiger partial charge in [0, 0.05) is 7.05 Å². The van der Waals surface area contributed by atoms with Crippen molar-refractivity contribution in [1.82, 2.24) is 4.90 Å². The van der Waals surface area contributed by atoms with Crippen LogP contribution in [0, 0.1) is 0 Å². The van der Waals surface area contributed by atoms with Crippen LogP contribution in [0.5, 0.6) is 0 Å². The van der Waals surface area contributed by atoms with Crippen LogP contribution in [0.4, 0.5) is 0 Å². The van der Waals surface area contributed by atoms with Crippen molar-refractivity contribution in [3.63, 3.8) is 0 Å². The van der Waals surface area contributed by atoms with Crippen LogP contribution in [0.3, 0.4) is 0 Å². The van der Waals surface area contributed by atoms with Gasteiger partial charge in [0.1, 0.15) is 4.95 Å². The van der Waals surface area contributed by atoms with Crippen LogP contribution in [0.1, 0.15) is 6.92 Å². The van der Waals surface area contributed by atoms with Gasteiger partial charge >= 0.3 is 0 Å². The fourth-order valence-electron chi connectivity index (χ4n) is 0.653. The van der Waals surface area contributed by atoms with E-state index in [9.17, 15) is 0 Å². The van der Waals surface area contributed by atoms with Crippen molar-refractivity contribution in [2.75, 3.05) is 7.05 Å². The second-order valence-electron chi connectivity index (χ2n) is 2.12. The molecule has 0 saturated carbocycles. The Labute approximate surface area is 71.6 Å². The topological polar surface area (TPSA) is 15.6 Å². The second kappa shape index (κ2) is 2.58. The van der Waals surface area contributed by atoms with E-state index >= 15 is 0 Å². The monoisotopic (exact) mass is 254 g/mol. The smallest absolute Gasteiger partial charge is 0.169 e. The molecule has 0 amide bonds. The number of alkyl halides is 1. The van der Waals surface area contributed by atoms with Crippen molar-refractivity contribution in [2.24, 2.45) is 4.99 Å². The van der Waals surface area contributed by atoms with Crippen LogP contribution in [0.2, 0.25) is 0 Å². The Balaban J connectivity index is 2.70. The molecule has 0 aromatic heterocycles. The third-order valence-corrected chi connectivity index (χ3v) is 3.26. The molecule has 2 atom stereocenters. The van der Waals surface area contributed by atoms with Gasteiger partial charge in [0.25, 0.3) is 0 Å². The molecule has 1 heterocycles. The average molecular weight is 256 g/mol. The Bertz CT molecular complexity index is 146. The molecule has 9 heavy (non-hydrogen) atoms. The number of aliphatic imine (C=N–C) groups is 1. The fraction of sp³-hybridized carbons (Fsp3) is 0.800. The van der Waals surface area contributed by atoms with Gasteiger partial charge in [0.05, 0.1) is 6.04 Å². The minimum Gasteiger partial charge on any atom is -0.348 e. The van der Waals surface area contributed by atoms with E-state index in [1.165, 1.54) is 0 Å². The van der Waals surface area contributed by atoms with Gasteiger partial charge < -0.3 is 4.90 Å². The lowest BCUT2D eigenvalue weighted by molar-refractivity contribution is 0.428. The summed E-state index contributed by atoms with van der Waals surface area (Å²) in [4.78, 5) is 6.56. The number of nitrogens with zero attached hydrogens (tertiary/aromatic N) is 2. The lowest BCUT2D eigenvalue weighted by Gasteiger charge is -2.17. The Morgan fingerprint density at radius 2 is 2.22 bits per heavy atom. The third-order valence-electron chi connectivity index (χ3n) is 1.53. The van der Waals surface area contributed by atoms with Gasteiger partial charge in [-0.3, -0.25) is 0 Å². The molecule has 0 fully saturated rings. The van der Waals surface area contributed by atoms with E-state index in [4.69, 9.17) is 0 Å². The molecule has 0 aliphatic carbocycles. The number of hydrogen-bond donors (Lipinski definition) is 0. The first kappa shape index (κ1) is 7.54. The van der Waals surface area contributed by atoms with E-state index in [-0.39, 0.29) is 4.95 Å². The van der Waals surface area contributed by atoms with Crippen molar-refractivity contribution in [1.29, 1.82) is 0 Å². The maximum absolute atomic E-state index is 4.23. The SMILES string of the molecule is CC1C(Br)N=C(Br)N1C. The first-order chi connectivity index (χ1) is 4.13. The molecule has 1 rings (SSSR count). The van der Waals surface area contributed by atoms with Crippen molar-refractivity contribution in [2.45, 2.75) is 17.9 Å². The van der Waals surface area contributed by atoms with Gasteiger partial charge in [-0.1, -0.05) is 15.9 Å². The number of halogens is 2. The lowest BCUT2D eigenvalue weighted by atomic mass is 10.3. The van der Waals surface area contributed by atoms with Gasteiger partial charge in [-0.2, -0.15) is 0 Å². The molecule has 52 valence electrons. The molecule has 0 aromatic carbocycles. The minimum atomic E-state index is 0.247. The normalized spacial score (nSPS) is 35.1. The summed E-state index contributed by atoms with van der Waals surface area (Å²) < 4.78 is 0.928. The largest absolute Gasteiger partial charge is 0.348 e. The first-order valence-corrected chi connectivity index (χ1v) is 4.44. The first-order valence-electron chi connectivity index (χ1n) is 2.73. The van der Waals surface area contributed by atoms with Crippen LogP contribution in [-0.4, -0.2) is 27.7 Å². The van der Waals surface area contributed by atoms with Crippen molar-refractivity contribution in [3.05, 3.63) is 0 Å². The molecule has 0 spiro atoms. The molecule has 0 radical (unpaired) electrons. The molecule has 1 aliphatic rings. The van der Waals surface area contributed by atoms with Crippen molar-refractivity contribution in [3.8, 4) is 0 Å². The van der Waals surface area contributed by atoms with E-state index in [1.807, 2.05) is 7.05 Å². The number of likely N-dealkylation sites (N-methyl/N-ethyl adjacent to an activating group) is 1. The molecule has 2 nitrogen and oxygen atoms in total. The number of amidine groups is 1. The molecule has 4 heteroatoms. The summed E-state index contributed by atoms with van der Waals surface area (Å²) in [7, 11) is 2.01. The van der Waals surface area contributed by atoms with Crippen LogP contribution in [0.15, 0.2) is 4.99 Å². The molecule has 0 bridgehead atoms. The van der Waals surface area contributed by atoms with Crippen LogP contribution < -0.4 is 0 Å². The van der Waals surface area contributed by atoms with E-state index in [0.29, 0.717) is 6.04 Å². The minimum absolute atomic E-state index is 0.247. The van der Waals surface area contributed by atoms with Gasteiger partial charge in [0.15, 0.2) is 4.74 Å². The third kappa shape index (κ3) is 1.29. The summed E-state index contributed by atoms with van der Waals surface area (Å²) in [5.41, 5.74) is 0. The van der Waals surface area contributed by atoms with Crippen molar-refractivity contribution >= 4 is 36.6 Å². The van der Waals surface area contributed by atoms with Gasteiger partial charge in [0.2, 0.25) is 0 Å². The Morgan fingerprint density at radius 1 is 1.67 bits per heavy atom. The predicted molar refractivity (Wildman–Crippen MR) is 46.3 cm³/mol. The highest BCUT2D eigenvalue weighted by molar-refractivity contribution is 9.18. The lowest BCUT2D eigenvalue weighted by Crippen LogP contribution is -2.29. The average Bonchev–Trinajstić information content (AvgIpc) is 1.98. The second-order valence-corrected chi connectivity index (χ2v) is 3.77. The highest BCUT2D eigenvalue weighted by atomic mass is 79.9. The Kier molecular flexibility index (Phi) is 2.16. The maximum Gasteiger partial charge on any atom is 0.169 e. The zero-order chi connectivity index (χ0) is 7.02. The summed E-state index contributed by atoms with van der Waals surface area (Å²) in [5, 5.41) is 0. The Hall–Kier alpha value is 0.430. The molecular weight excluding hydrogens is 248 g/mol. The van der Waals surface area contributed by atoms with E-state index < -0.39 is 0 Å². The highest BCUT2D eigenvalue weighted by Gasteiger charge is 2.25. The molecular formula is C5H8Br2N2. The van der Waals surface area contributed by atoms with E-state index in [2.05, 4.69) is 48.7 Å². The predicted octanol–water partition coefficient (Wildman–Crippen LogP) is 1.79. The quantitative estimate of drug-likeness (QED) is 0.476. The summed E-state index contributed by atoms with van der Waals surface area (Å²) in [6.45, 7) is 2.12. The van der Waals surface area contributed by atoms with Crippen LogP contribution in [-0.2, 0) is 0 Å². The van der Waals surface area contributed by atoms with Crippen LogP contribution in [0.25, 0.3) is 0 Å². The number of hydrogen-bond acceptors (Lipinski definition) is 2. The summed E-state index contributed by atoms with van der Waals surface area (Å²) in [6.07, 6.45) is 0. The summed E-state index contributed by atoms with van der Waals surface area (Å²) in [6, 6.07) is 0.458.